The van der Waals surface area contributed by atoms with Crippen molar-refractivity contribution in [2.24, 2.45) is 20.5 Å². The molecular formula is C43H33N5. The van der Waals surface area contributed by atoms with Gasteiger partial charge in [-0.15, -0.1) is 0 Å². The molecule has 7 aromatic rings. The first-order valence-electron chi connectivity index (χ1n) is 15.8. The van der Waals surface area contributed by atoms with Crippen molar-refractivity contribution in [3.8, 4) is 44.5 Å². The van der Waals surface area contributed by atoms with E-state index < -0.39 is 0 Å². The molecule has 0 saturated carbocycles. The Labute approximate surface area is 280 Å². The van der Waals surface area contributed by atoms with Crippen LogP contribution in [0.1, 0.15) is 5.56 Å². The second kappa shape index (κ2) is 13.9. The Hall–Kier alpha value is -6.46. The van der Waals surface area contributed by atoms with Crippen LogP contribution in [0.25, 0.3) is 44.5 Å². The van der Waals surface area contributed by atoms with Crippen LogP contribution in [0.2, 0.25) is 0 Å². The average molecular weight is 620 g/mol. The number of nitrogens with two attached hydrogens (primary N) is 1. The van der Waals surface area contributed by atoms with Crippen molar-refractivity contribution in [2.75, 3.05) is 5.73 Å². The van der Waals surface area contributed by atoms with Crippen molar-refractivity contribution in [1.82, 2.24) is 0 Å². The molecule has 0 aliphatic carbocycles. The molecule has 7 aromatic carbocycles. The molecule has 230 valence electrons. The first-order chi connectivity index (χ1) is 23.6. The zero-order chi connectivity index (χ0) is 32.7. The monoisotopic (exact) mass is 619 g/mol. The largest absolute Gasteiger partial charge is 0.398 e. The van der Waals surface area contributed by atoms with Crippen molar-refractivity contribution in [3.63, 3.8) is 0 Å². The molecule has 0 aromatic heterocycles. The second-order valence-electron chi connectivity index (χ2n) is 11.6. The van der Waals surface area contributed by atoms with Gasteiger partial charge in [-0.2, -0.15) is 20.5 Å². The quantitative estimate of drug-likeness (QED) is 0.133. The summed E-state index contributed by atoms with van der Waals surface area (Å²) in [6.45, 7) is 2.11. The minimum atomic E-state index is 0.766. The number of benzene rings is 7. The van der Waals surface area contributed by atoms with Crippen molar-refractivity contribution in [3.05, 3.63) is 175 Å². The highest BCUT2D eigenvalue weighted by Gasteiger charge is 2.12. The van der Waals surface area contributed by atoms with Crippen LogP contribution in [0.15, 0.2) is 190 Å². The lowest BCUT2D eigenvalue weighted by molar-refractivity contribution is 1.23. The molecule has 0 heterocycles. The lowest BCUT2D eigenvalue weighted by Gasteiger charge is -2.15. The minimum Gasteiger partial charge on any atom is -0.398 e. The Balaban J connectivity index is 1.07. The highest BCUT2D eigenvalue weighted by molar-refractivity contribution is 5.90. The van der Waals surface area contributed by atoms with E-state index in [2.05, 4.69) is 112 Å². The van der Waals surface area contributed by atoms with E-state index in [-0.39, 0.29) is 0 Å². The van der Waals surface area contributed by atoms with Crippen molar-refractivity contribution in [2.45, 2.75) is 6.92 Å². The van der Waals surface area contributed by atoms with Gasteiger partial charge in [-0.3, -0.25) is 0 Å². The van der Waals surface area contributed by atoms with Gasteiger partial charge >= 0.3 is 0 Å². The third kappa shape index (κ3) is 7.01. The fourth-order valence-corrected chi connectivity index (χ4v) is 5.62. The number of rotatable bonds is 8. The molecule has 0 aliphatic rings. The minimum absolute atomic E-state index is 0.766. The fraction of sp³-hybridized carbons (Fsp3) is 0.0233. The molecule has 0 spiro atoms. The van der Waals surface area contributed by atoms with Gasteiger partial charge in [0.15, 0.2) is 0 Å². The zero-order valence-corrected chi connectivity index (χ0v) is 26.5. The summed E-state index contributed by atoms with van der Waals surface area (Å²) in [5, 5.41) is 17.3. The summed E-state index contributed by atoms with van der Waals surface area (Å²) in [6, 6.07) is 57.1. The normalized spacial score (nSPS) is 11.4. The van der Waals surface area contributed by atoms with E-state index in [0.29, 0.717) is 0 Å². The third-order valence-electron chi connectivity index (χ3n) is 8.19. The highest BCUT2D eigenvalue weighted by atomic mass is 15.1. The van der Waals surface area contributed by atoms with Gasteiger partial charge in [0.1, 0.15) is 0 Å². The summed E-state index contributed by atoms with van der Waals surface area (Å²) >= 11 is 0. The molecule has 0 radical (unpaired) electrons. The van der Waals surface area contributed by atoms with Gasteiger partial charge in [0, 0.05) is 16.8 Å². The standard InChI is InChI=1S/C43H33N5/c1-30-28-41(35-16-12-31(13-17-35)33-20-24-39(25-21-33)47-45-37-8-4-2-5-9-37)43(44)42(29-30)36-18-14-32(15-19-36)34-22-26-40(27-23-34)48-46-38-10-6-3-7-11-38/h2-29H,44H2,1H3/b47-45+,48-46+. The van der Waals surface area contributed by atoms with Crippen LogP contribution in [0.4, 0.5) is 28.4 Å². The molecule has 48 heavy (non-hydrogen) atoms. The van der Waals surface area contributed by atoms with Crippen molar-refractivity contribution in [1.29, 1.82) is 0 Å². The molecule has 5 heteroatoms. The number of hydrogen-bond acceptors (Lipinski definition) is 5. The lowest BCUT2D eigenvalue weighted by atomic mass is 9.92. The first kappa shape index (κ1) is 30.2. The number of hydrogen-bond donors (Lipinski definition) is 1. The van der Waals surface area contributed by atoms with E-state index in [4.69, 9.17) is 5.73 Å². The van der Waals surface area contributed by atoms with Gasteiger partial charge in [0.05, 0.1) is 22.7 Å². The fourth-order valence-electron chi connectivity index (χ4n) is 5.62. The summed E-state index contributed by atoms with van der Waals surface area (Å²) in [5.74, 6) is 0. The molecule has 0 unspecified atom stereocenters. The zero-order valence-electron chi connectivity index (χ0n) is 26.5. The van der Waals surface area contributed by atoms with Gasteiger partial charge < -0.3 is 5.73 Å². The molecule has 0 atom stereocenters. The average Bonchev–Trinajstić information content (AvgIpc) is 3.15. The van der Waals surface area contributed by atoms with Crippen LogP contribution in [0.5, 0.6) is 0 Å². The molecule has 0 aliphatic heterocycles. The van der Waals surface area contributed by atoms with E-state index in [0.717, 1.165) is 78.5 Å². The van der Waals surface area contributed by atoms with Gasteiger partial charge in [-0.25, -0.2) is 0 Å². The number of nitrogens with zero attached hydrogens (tertiary/aromatic N) is 4. The predicted molar refractivity (Wildman–Crippen MR) is 199 cm³/mol. The Morgan fingerprint density at radius 3 is 0.938 bits per heavy atom. The van der Waals surface area contributed by atoms with Crippen LogP contribution >= 0.6 is 0 Å². The number of azo groups is 2. The van der Waals surface area contributed by atoms with Crippen LogP contribution < -0.4 is 5.73 Å². The Morgan fingerprint density at radius 2 is 0.604 bits per heavy atom. The van der Waals surface area contributed by atoms with E-state index in [1.807, 2.05) is 84.9 Å². The van der Waals surface area contributed by atoms with Crippen LogP contribution in [-0.2, 0) is 0 Å². The maximum atomic E-state index is 6.85. The SMILES string of the molecule is Cc1cc(-c2ccc(-c3ccc(/N=N/c4ccccc4)cc3)cc2)c(N)c(-c2ccc(-c3ccc(/N=N/c4ccccc4)cc3)cc2)c1. The molecule has 5 nitrogen and oxygen atoms in total. The second-order valence-corrected chi connectivity index (χ2v) is 11.6. The Bertz CT molecular complexity index is 2030. The Morgan fingerprint density at radius 1 is 0.333 bits per heavy atom. The first-order valence-corrected chi connectivity index (χ1v) is 15.8. The van der Waals surface area contributed by atoms with E-state index in [1.165, 1.54) is 0 Å². The maximum absolute atomic E-state index is 6.85. The smallest absolute Gasteiger partial charge is 0.0857 e. The number of nitrogen functional groups attached to an aromatic ring is 1. The van der Waals surface area contributed by atoms with Crippen LogP contribution in [0, 0.1) is 6.92 Å². The summed E-state index contributed by atoms with van der Waals surface area (Å²) < 4.78 is 0. The molecule has 2 N–H and O–H groups in total. The molecule has 7 rings (SSSR count). The van der Waals surface area contributed by atoms with Crippen molar-refractivity contribution >= 4 is 28.4 Å². The van der Waals surface area contributed by atoms with Gasteiger partial charge in [-0.1, -0.05) is 109 Å². The van der Waals surface area contributed by atoms with E-state index >= 15 is 0 Å². The van der Waals surface area contributed by atoms with Gasteiger partial charge in [-0.05, 0) is 107 Å². The van der Waals surface area contributed by atoms with Gasteiger partial charge in [0.25, 0.3) is 0 Å². The summed E-state index contributed by atoms with van der Waals surface area (Å²) in [7, 11) is 0. The summed E-state index contributed by atoms with van der Waals surface area (Å²) in [6.07, 6.45) is 0. The molecule has 0 amide bonds. The van der Waals surface area contributed by atoms with E-state index in [9.17, 15) is 0 Å². The van der Waals surface area contributed by atoms with E-state index in [1.54, 1.807) is 0 Å². The summed E-state index contributed by atoms with van der Waals surface area (Å²) in [4.78, 5) is 0. The topological polar surface area (TPSA) is 75.5 Å². The maximum Gasteiger partial charge on any atom is 0.0857 e. The van der Waals surface area contributed by atoms with Crippen molar-refractivity contribution < 1.29 is 0 Å². The number of anilines is 1. The molecule has 0 fully saturated rings. The van der Waals surface area contributed by atoms with Crippen LogP contribution in [-0.4, -0.2) is 0 Å². The molecular weight excluding hydrogens is 587 g/mol. The molecule has 0 bridgehead atoms. The Kier molecular flexibility index (Phi) is 8.74. The molecule has 0 saturated heterocycles. The third-order valence-corrected chi connectivity index (χ3v) is 8.19. The lowest BCUT2D eigenvalue weighted by Crippen LogP contribution is -1.96. The number of aryl methyl sites for hydroxylation is 1. The highest BCUT2D eigenvalue weighted by Crippen LogP contribution is 2.38. The van der Waals surface area contributed by atoms with Gasteiger partial charge in [0.2, 0.25) is 0 Å². The summed E-state index contributed by atoms with van der Waals surface area (Å²) in [5.41, 5.74) is 20.7. The predicted octanol–water partition coefficient (Wildman–Crippen LogP) is 13.1. The van der Waals surface area contributed by atoms with Crippen LogP contribution in [0.3, 0.4) is 0 Å².